The smallest absolute Gasteiger partial charge is 0.211 e. The van der Waals surface area contributed by atoms with Crippen LogP contribution in [0.25, 0.3) is 0 Å². The summed E-state index contributed by atoms with van der Waals surface area (Å²) in [6.45, 7) is 5.09. The molecular weight excluding hydrogens is 236 g/mol. The Morgan fingerprint density at radius 2 is 1.76 bits per heavy atom. The van der Waals surface area contributed by atoms with Gasteiger partial charge >= 0.3 is 0 Å². The Morgan fingerprint density at radius 1 is 1.24 bits per heavy atom. The number of nitriles is 1. The van der Waals surface area contributed by atoms with Gasteiger partial charge in [-0.1, -0.05) is 29.8 Å². The van der Waals surface area contributed by atoms with Crippen LogP contribution in [0, 0.1) is 18.3 Å². The lowest BCUT2D eigenvalue weighted by atomic mass is 10.1. The van der Waals surface area contributed by atoms with Gasteiger partial charge in [-0.2, -0.15) is 5.26 Å². The van der Waals surface area contributed by atoms with Crippen molar-refractivity contribution in [3.8, 4) is 6.07 Å². The lowest BCUT2D eigenvalue weighted by Crippen LogP contribution is -2.33. The van der Waals surface area contributed by atoms with E-state index in [0.29, 0.717) is 0 Å². The van der Waals surface area contributed by atoms with Crippen molar-refractivity contribution in [1.29, 1.82) is 5.26 Å². The summed E-state index contributed by atoms with van der Waals surface area (Å²) in [5, 5.41) is 7.58. The van der Waals surface area contributed by atoms with Crippen molar-refractivity contribution >= 4 is 10.0 Å². The second-order valence-corrected chi connectivity index (χ2v) is 6.10. The molecule has 2 atom stereocenters. The highest BCUT2D eigenvalue weighted by atomic mass is 32.2. The summed E-state index contributed by atoms with van der Waals surface area (Å²) in [5.74, 6) is 0. The molecule has 0 radical (unpaired) electrons. The molecule has 1 aromatic carbocycles. The van der Waals surface area contributed by atoms with E-state index in [0.717, 1.165) is 11.1 Å². The molecule has 4 nitrogen and oxygen atoms in total. The number of nitrogens with zero attached hydrogens (tertiary/aromatic N) is 1. The number of hydrogen-bond acceptors (Lipinski definition) is 3. The Kier molecular flexibility index (Phi) is 4.27. The minimum atomic E-state index is -3.58. The van der Waals surface area contributed by atoms with Gasteiger partial charge in [-0.25, -0.2) is 13.1 Å². The number of sulfonamides is 1. The van der Waals surface area contributed by atoms with Gasteiger partial charge in [0, 0.05) is 6.04 Å². The molecule has 5 heteroatoms. The topological polar surface area (TPSA) is 70.0 Å². The molecule has 1 rings (SSSR count). The second-order valence-electron chi connectivity index (χ2n) is 4.07. The van der Waals surface area contributed by atoms with Crippen molar-refractivity contribution in [1.82, 2.24) is 4.72 Å². The molecule has 1 N–H and O–H groups in total. The lowest BCUT2D eigenvalue weighted by molar-refractivity contribution is 0.562. The number of rotatable bonds is 4. The highest BCUT2D eigenvalue weighted by molar-refractivity contribution is 7.90. The zero-order chi connectivity index (χ0) is 13.1. The van der Waals surface area contributed by atoms with Crippen LogP contribution in [0.1, 0.15) is 31.0 Å². The lowest BCUT2D eigenvalue weighted by Gasteiger charge is -2.15. The molecule has 0 aliphatic carbocycles. The van der Waals surface area contributed by atoms with Gasteiger partial charge in [0.25, 0.3) is 0 Å². The van der Waals surface area contributed by atoms with E-state index in [1.807, 2.05) is 31.2 Å². The van der Waals surface area contributed by atoms with Crippen LogP contribution in [0.5, 0.6) is 0 Å². The molecule has 0 aliphatic rings. The average Bonchev–Trinajstić information content (AvgIpc) is 2.28. The molecule has 0 fully saturated rings. The predicted molar refractivity (Wildman–Crippen MR) is 66.7 cm³/mol. The van der Waals surface area contributed by atoms with E-state index in [9.17, 15) is 8.42 Å². The third-order valence-corrected chi connectivity index (χ3v) is 4.28. The fourth-order valence-electron chi connectivity index (χ4n) is 1.34. The van der Waals surface area contributed by atoms with Crippen molar-refractivity contribution in [2.75, 3.05) is 0 Å². The minimum absolute atomic E-state index is 0.337. The first-order chi connectivity index (χ1) is 7.86. The second kappa shape index (κ2) is 5.30. The third-order valence-electron chi connectivity index (χ3n) is 2.57. The highest BCUT2D eigenvalue weighted by Gasteiger charge is 2.22. The summed E-state index contributed by atoms with van der Waals surface area (Å²) in [4.78, 5) is 0. The molecule has 0 amide bonds. The van der Waals surface area contributed by atoms with Gasteiger partial charge in [0.15, 0.2) is 5.25 Å². The Morgan fingerprint density at radius 3 is 2.24 bits per heavy atom. The van der Waals surface area contributed by atoms with Crippen molar-refractivity contribution in [3.05, 3.63) is 35.4 Å². The number of hydrogen-bond donors (Lipinski definition) is 1. The van der Waals surface area contributed by atoms with Gasteiger partial charge in [-0.05, 0) is 26.3 Å². The van der Waals surface area contributed by atoms with Gasteiger partial charge in [0.05, 0.1) is 6.07 Å². The third kappa shape index (κ3) is 3.55. The predicted octanol–water partition coefficient (Wildman–Crippen LogP) is 1.89. The first kappa shape index (κ1) is 13.7. The summed E-state index contributed by atoms with van der Waals surface area (Å²) < 4.78 is 25.8. The maximum atomic E-state index is 11.7. The van der Waals surface area contributed by atoms with Crippen LogP contribution in [0.15, 0.2) is 24.3 Å². The van der Waals surface area contributed by atoms with Crippen molar-refractivity contribution in [2.24, 2.45) is 0 Å². The van der Waals surface area contributed by atoms with Crippen LogP contribution in [-0.4, -0.2) is 13.7 Å². The van der Waals surface area contributed by atoms with E-state index in [1.165, 1.54) is 6.92 Å². The zero-order valence-electron chi connectivity index (χ0n) is 10.1. The Hall–Kier alpha value is -1.38. The van der Waals surface area contributed by atoms with Crippen molar-refractivity contribution in [3.63, 3.8) is 0 Å². The van der Waals surface area contributed by atoms with Crippen molar-refractivity contribution in [2.45, 2.75) is 32.1 Å². The molecule has 0 spiro atoms. The van der Waals surface area contributed by atoms with Crippen LogP contribution in [0.2, 0.25) is 0 Å². The molecular formula is C12H16N2O2S. The summed E-state index contributed by atoms with van der Waals surface area (Å²) in [5.41, 5.74) is 2.00. The zero-order valence-corrected chi connectivity index (χ0v) is 11.0. The van der Waals surface area contributed by atoms with Gasteiger partial charge in [-0.3, -0.25) is 0 Å². The van der Waals surface area contributed by atoms with Gasteiger partial charge in [0.1, 0.15) is 0 Å². The summed E-state index contributed by atoms with van der Waals surface area (Å²) in [6, 6.07) is 8.98. The van der Waals surface area contributed by atoms with Gasteiger partial charge in [0.2, 0.25) is 10.0 Å². The van der Waals surface area contributed by atoms with E-state index in [2.05, 4.69) is 4.72 Å². The SMILES string of the molecule is Cc1ccc(C(C)NS(=O)(=O)C(C)C#N)cc1. The van der Waals surface area contributed by atoms with Crippen LogP contribution < -0.4 is 4.72 Å². The Balaban J connectivity index is 2.84. The Bertz CT molecular complexity index is 514. The van der Waals surface area contributed by atoms with E-state index in [1.54, 1.807) is 13.0 Å². The number of nitrogens with one attached hydrogen (secondary N) is 1. The van der Waals surface area contributed by atoms with Crippen LogP contribution >= 0.6 is 0 Å². The maximum Gasteiger partial charge on any atom is 0.228 e. The number of benzene rings is 1. The molecule has 92 valence electrons. The fourth-order valence-corrected chi connectivity index (χ4v) is 2.31. The van der Waals surface area contributed by atoms with Gasteiger partial charge < -0.3 is 0 Å². The summed E-state index contributed by atoms with van der Waals surface area (Å²) >= 11 is 0. The molecule has 0 heterocycles. The first-order valence-electron chi connectivity index (χ1n) is 5.34. The Labute approximate surface area is 102 Å². The van der Waals surface area contributed by atoms with E-state index in [-0.39, 0.29) is 6.04 Å². The maximum absolute atomic E-state index is 11.7. The standard InChI is InChI=1S/C12H16N2O2S/c1-9-4-6-12(7-5-9)11(3)14-17(15,16)10(2)8-13/h4-7,10-11,14H,1-3H3. The molecule has 0 aliphatic heterocycles. The minimum Gasteiger partial charge on any atom is -0.211 e. The quantitative estimate of drug-likeness (QED) is 0.889. The molecule has 17 heavy (non-hydrogen) atoms. The van der Waals surface area contributed by atoms with Crippen LogP contribution in [0.4, 0.5) is 0 Å². The van der Waals surface area contributed by atoms with E-state index < -0.39 is 15.3 Å². The normalized spacial score (nSPS) is 14.9. The summed E-state index contributed by atoms with van der Waals surface area (Å²) in [6.07, 6.45) is 0. The first-order valence-corrected chi connectivity index (χ1v) is 6.89. The highest BCUT2D eigenvalue weighted by Crippen LogP contribution is 2.15. The van der Waals surface area contributed by atoms with Crippen LogP contribution in [-0.2, 0) is 10.0 Å². The van der Waals surface area contributed by atoms with Crippen molar-refractivity contribution < 1.29 is 8.42 Å². The fraction of sp³-hybridized carbons (Fsp3) is 0.417. The summed E-state index contributed by atoms with van der Waals surface area (Å²) in [7, 11) is -3.58. The van der Waals surface area contributed by atoms with Crippen LogP contribution in [0.3, 0.4) is 0 Å². The molecule has 0 saturated heterocycles. The molecule has 0 bridgehead atoms. The average molecular weight is 252 g/mol. The largest absolute Gasteiger partial charge is 0.228 e. The van der Waals surface area contributed by atoms with Gasteiger partial charge in [-0.15, -0.1) is 0 Å². The number of aryl methyl sites for hydroxylation is 1. The monoisotopic (exact) mass is 252 g/mol. The van der Waals surface area contributed by atoms with E-state index >= 15 is 0 Å². The molecule has 1 aromatic rings. The molecule has 0 aromatic heterocycles. The molecule has 2 unspecified atom stereocenters. The molecule has 0 saturated carbocycles. The van der Waals surface area contributed by atoms with E-state index in [4.69, 9.17) is 5.26 Å².